The van der Waals surface area contributed by atoms with Gasteiger partial charge in [-0.05, 0) is 45.0 Å². The minimum Gasteiger partial charge on any atom is -0.351 e. The summed E-state index contributed by atoms with van der Waals surface area (Å²) in [6.07, 6.45) is 1.15. The number of hydrogen-bond acceptors (Lipinski definition) is 4. The summed E-state index contributed by atoms with van der Waals surface area (Å²) in [5.74, 6) is -0.424. The number of carbonyl (C=O) groups is 2. The Morgan fingerprint density at radius 3 is 2.08 bits per heavy atom. The molecule has 0 atom stereocenters. The Labute approximate surface area is 143 Å². The molecular weight excluding hydrogens is 330 g/mol. The Hall–Kier alpha value is -2.09. The van der Waals surface area contributed by atoms with Crippen molar-refractivity contribution in [1.29, 1.82) is 0 Å². The summed E-state index contributed by atoms with van der Waals surface area (Å²) in [6.45, 7) is 7.02. The minimum atomic E-state index is -3.53. The van der Waals surface area contributed by atoms with E-state index in [4.69, 9.17) is 0 Å². The predicted octanol–water partition coefficient (Wildman–Crippen LogP) is 1.72. The molecule has 0 aromatic heterocycles. The molecule has 0 bridgehead atoms. The fraction of sp³-hybridized carbons (Fsp3) is 0.500. The van der Waals surface area contributed by atoms with Crippen LogP contribution in [0.4, 0.5) is 11.4 Å². The van der Waals surface area contributed by atoms with E-state index in [1.807, 2.05) is 20.8 Å². The van der Waals surface area contributed by atoms with Crippen LogP contribution >= 0.6 is 0 Å². The van der Waals surface area contributed by atoms with E-state index >= 15 is 0 Å². The molecule has 0 aliphatic carbocycles. The van der Waals surface area contributed by atoms with E-state index in [2.05, 4.69) is 10.6 Å². The van der Waals surface area contributed by atoms with E-state index in [1.165, 1.54) is 11.2 Å². The normalized spacial score (nSPS) is 11.7. The number of benzene rings is 1. The van der Waals surface area contributed by atoms with Gasteiger partial charge in [-0.1, -0.05) is 0 Å². The van der Waals surface area contributed by atoms with Gasteiger partial charge in [0.1, 0.15) is 0 Å². The Morgan fingerprint density at radius 2 is 1.67 bits per heavy atom. The largest absolute Gasteiger partial charge is 0.351 e. The molecule has 2 N–H and O–H groups in total. The smallest absolute Gasteiger partial charge is 0.232 e. The fourth-order valence-electron chi connectivity index (χ4n) is 2.08. The maximum absolute atomic E-state index is 12.0. The van der Waals surface area contributed by atoms with Gasteiger partial charge in [-0.25, -0.2) is 8.42 Å². The SMILES string of the molecule is CC(=O)Nc1ccc(N(CCC(=O)NC(C)(C)C)S(C)(=O)=O)cc1. The van der Waals surface area contributed by atoms with Crippen molar-refractivity contribution in [3.8, 4) is 0 Å². The van der Waals surface area contributed by atoms with Crippen molar-refractivity contribution < 1.29 is 18.0 Å². The van der Waals surface area contributed by atoms with E-state index in [0.717, 1.165) is 6.26 Å². The Kier molecular flexibility index (Phi) is 6.36. The Balaban J connectivity index is 2.87. The van der Waals surface area contributed by atoms with Gasteiger partial charge in [0.15, 0.2) is 0 Å². The topological polar surface area (TPSA) is 95.6 Å². The minimum absolute atomic E-state index is 0.0419. The van der Waals surface area contributed by atoms with E-state index in [9.17, 15) is 18.0 Å². The van der Waals surface area contributed by atoms with Crippen molar-refractivity contribution in [2.45, 2.75) is 39.7 Å². The molecular formula is C16H25N3O4S. The van der Waals surface area contributed by atoms with Crippen molar-refractivity contribution >= 4 is 33.2 Å². The molecule has 2 amide bonds. The number of nitrogens with one attached hydrogen (secondary N) is 2. The average molecular weight is 355 g/mol. The number of anilines is 2. The molecule has 24 heavy (non-hydrogen) atoms. The lowest BCUT2D eigenvalue weighted by Gasteiger charge is -2.24. The summed E-state index contributed by atoms with van der Waals surface area (Å²) < 4.78 is 25.2. The van der Waals surface area contributed by atoms with Crippen LogP contribution < -0.4 is 14.9 Å². The molecule has 134 valence electrons. The molecule has 8 heteroatoms. The predicted molar refractivity (Wildman–Crippen MR) is 95.4 cm³/mol. The summed E-state index contributed by atoms with van der Waals surface area (Å²) >= 11 is 0. The number of hydrogen-bond donors (Lipinski definition) is 2. The van der Waals surface area contributed by atoms with Crippen LogP contribution in [0.2, 0.25) is 0 Å². The highest BCUT2D eigenvalue weighted by molar-refractivity contribution is 7.92. The van der Waals surface area contributed by atoms with Crippen LogP contribution in [0.25, 0.3) is 0 Å². The number of nitrogens with zero attached hydrogens (tertiary/aromatic N) is 1. The van der Waals surface area contributed by atoms with Crippen LogP contribution in [0.1, 0.15) is 34.1 Å². The van der Waals surface area contributed by atoms with Crippen molar-refractivity contribution in [3.63, 3.8) is 0 Å². The van der Waals surface area contributed by atoms with E-state index in [0.29, 0.717) is 11.4 Å². The van der Waals surface area contributed by atoms with Crippen LogP contribution in [0.3, 0.4) is 0 Å². The molecule has 1 rings (SSSR count). The van der Waals surface area contributed by atoms with Gasteiger partial charge in [-0.2, -0.15) is 0 Å². The third-order valence-corrected chi connectivity index (χ3v) is 4.13. The van der Waals surface area contributed by atoms with Crippen molar-refractivity contribution in [2.75, 3.05) is 22.4 Å². The Morgan fingerprint density at radius 1 is 1.12 bits per heavy atom. The van der Waals surface area contributed by atoms with Gasteiger partial charge < -0.3 is 10.6 Å². The van der Waals surface area contributed by atoms with Gasteiger partial charge in [-0.3, -0.25) is 13.9 Å². The van der Waals surface area contributed by atoms with E-state index < -0.39 is 10.0 Å². The third-order valence-electron chi connectivity index (χ3n) is 2.93. The molecule has 1 aromatic rings. The van der Waals surface area contributed by atoms with Crippen LogP contribution in [0, 0.1) is 0 Å². The van der Waals surface area contributed by atoms with Crippen molar-refractivity contribution in [3.05, 3.63) is 24.3 Å². The molecule has 0 saturated heterocycles. The molecule has 0 unspecified atom stereocenters. The molecule has 0 aliphatic rings. The van der Waals surface area contributed by atoms with Gasteiger partial charge in [0.2, 0.25) is 21.8 Å². The average Bonchev–Trinajstić information content (AvgIpc) is 2.36. The van der Waals surface area contributed by atoms with Crippen molar-refractivity contribution in [1.82, 2.24) is 5.32 Å². The highest BCUT2D eigenvalue weighted by atomic mass is 32.2. The molecule has 0 heterocycles. The first-order chi connectivity index (χ1) is 10.9. The summed E-state index contributed by atoms with van der Waals surface area (Å²) in [6, 6.07) is 6.41. The number of carbonyl (C=O) groups excluding carboxylic acids is 2. The van der Waals surface area contributed by atoms with Crippen LogP contribution in [0.15, 0.2) is 24.3 Å². The highest BCUT2D eigenvalue weighted by Crippen LogP contribution is 2.20. The summed E-state index contributed by atoms with van der Waals surface area (Å²) in [4.78, 5) is 22.9. The van der Waals surface area contributed by atoms with Crippen LogP contribution in [-0.4, -0.2) is 38.6 Å². The maximum Gasteiger partial charge on any atom is 0.232 e. The van der Waals surface area contributed by atoms with Crippen molar-refractivity contribution in [2.24, 2.45) is 0 Å². The van der Waals surface area contributed by atoms with E-state index in [-0.39, 0.29) is 30.3 Å². The van der Waals surface area contributed by atoms with E-state index in [1.54, 1.807) is 24.3 Å². The lowest BCUT2D eigenvalue weighted by Crippen LogP contribution is -2.42. The zero-order chi connectivity index (χ0) is 18.5. The van der Waals surface area contributed by atoms with Gasteiger partial charge in [0, 0.05) is 31.1 Å². The first-order valence-corrected chi connectivity index (χ1v) is 9.40. The second-order valence-electron chi connectivity index (χ2n) is 6.61. The third kappa shape index (κ3) is 6.99. The highest BCUT2D eigenvalue weighted by Gasteiger charge is 2.20. The lowest BCUT2D eigenvalue weighted by atomic mass is 10.1. The van der Waals surface area contributed by atoms with Gasteiger partial charge in [0.05, 0.1) is 11.9 Å². The number of rotatable bonds is 6. The van der Waals surface area contributed by atoms with Gasteiger partial charge in [-0.15, -0.1) is 0 Å². The molecule has 0 aliphatic heterocycles. The zero-order valence-electron chi connectivity index (χ0n) is 14.7. The molecule has 7 nitrogen and oxygen atoms in total. The first kappa shape index (κ1) is 20.0. The standard InChI is InChI=1S/C16H25N3O4S/c1-12(20)17-13-6-8-14(9-7-13)19(24(5,22)23)11-10-15(21)18-16(2,3)4/h6-9H,10-11H2,1-5H3,(H,17,20)(H,18,21). The zero-order valence-corrected chi connectivity index (χ0v) is 15.5. The molecule has 0 radical (unpaired) electrons. The summed E-state index contributed by atoms with van der Waals surface area (Å²) in [5, 5.41) is 5.41. The molecule has 0 fully saturated rings. The number of sulfonamides is 1. The Bertz CT molecular complexity index is 691. The van der Waals surface area contributed by atoms with Crippen LogP contribution in [-0.2, 0) is 19.6 Å². The van der Waals surface area contributed by atoms with Crippen LogP contribution in [0.5, 0.6) is 0 Å². The first-order valence-electron chi connectivity index (χ1n) is 7.55. The maximum atomic E-state index is 12.0. The fourth-order valence-corrected chi connectivity index (χ4v) is 3.01. The monoisotopic (exact) mass is 355 g/mol. The molecule has 0 saturated carbocycles. The summed E-state index contributed by atoms with van der Waals surface area (Å²) in [7, 11) is -3.53. The lowest BCUT2D eigenvalue weighted by molar-refractivity contribution is -0.122. The molecule has 0 spiro atoms. The number of amides is 2. The van der Waals surface area contributed by atoms with Gasteiger partial charge in [0.25, 0.3) is 0 Å². The van der Waals surface area contributed by atoms with Gasteiger partial charge >= 0.3 is 0 Å². The quantitative estimate of drug-likeness (QED) is 0.812. The second kappa shape index (κ2) is 7.65. The summed E-state index contributed by atoms with van der Waals surface area (Å²) in [5.41, 5.74) is 0.646. The second-order valence-corrected chi connectivity index (χ2v) is 8.52. The molecule has 1 aromatic carbocycles.